The van der Waals surface area contributed by atoms with Crippen LogP contribution in [0.5, 0.6) is 0 Å². The fourth-order valence-electron chi connectivity index (χ4n) is 7.47. The molecule has 0 aliphatic carbocycles. The second kappa shape index (κ2) is 11.0. The number of para-hydroxylation sites is 3. The van der Waals surface area contributed by atoms with Crippen molar-refractivity contribution < 1.29 is 4.42 Å². The Kier molecular flexibility index (Phi) is 6.18. The van der Waals surface area contributed by atoms with Crippen LogP contribution in [0.2, 0.25) is 0 Å². The van der Waals surface area contributed by atoms with E-state index in [4.69, 9.17) is 4.42 Å². The Balaban J connectivity index is 1.19. The predicted molar refractivity (Wildman–Crippen MR) is 206 cm³/mol. The molecule has 230 valence electrons. The summed E-state index contributed by atoms with van der Waals surface area (Å²) in [6.45, 7) is 0. The Hall–Kier alpha value is -6.58. The first-order valence-corrected chi connectivity index (χ1v) is 16.7. The summed E-state index contributed by atoms with van der Waals surface area (Å²) in [6, 6.07) is 65.0. The number of fused-ring (bicyclic) bond motifs is 8. The van der Waals surface area contributed by atoms with Crippen molar-refractivity contribution >= 4 is 71.6 Å². The average Bonchev–Trinajstić information content (AvgIpc) is 3.72. The van der Waals surface area contributed by atoms with E-state index < -0.39 is 0 Å². The molecule has 0 N–H and O–H groups in total. The highest BCUT2D eigenvalue weighted by Crippen LogP contribution is 2.42. The minimum atomic E-state index is 0.913. The molecule has 0 aliphatic rings. The van der Waals surface area contributed by atoms with Crippen LogP contribution in [0.4, 0.5) is 17.1 Å². The van der Waals surface area contributed by atoms with Gasteiger partial charge in [0.25, 0.3) is 0 Å². The molecule has 0 aliphatic heterocycles. The second-order valence-corrected chi connectivity index (χ2v) is 12.6. The highest BCUT2D eigenvalue weighted by atomic mass is 16.3. The van der Waals surface area contributed by atoms with Gasteiger partial charge in [0.15, 0.2) is 0 Å². The van der Waals surface area contributed by atoms with Crippen LogP contribution in [-0.2, 0) is 0 Å². The van der Waals surface area contributed by atoms with Gasteiger partial charge in [-0.05, 0) is 89.3 Å². The molecule has 0 amide bonds. The summed E-state index contributed by atoms with van der Waals surface area (Å²) >= 11 is 0. The lowest BCUT2D eigenvalue weighted by atomic mass is 10.0. The Morgan fingerprint density at radius 3 is 1.80 bits per heavy atom. The molecule has 0 atom stereocenters. The van der Waals surface area contributed by atoms with Crippen molar-refractivity contribution in [2.45, 2.75) is 0 Å². The zero-order valence-electron chi connectivity index (χ0n) is 26.6. The fourth-order valence-corrected chi connectivity index (χ4v) is 7.47. The molecule has 2 aromatic heterocycles. The molecule has 0 saturated carbocycles. The molecule has 3 nitrogen and oxygen atoms in total. The lowest BCUT2D eigenvalue weighted by Gasteiger charge is -2.26. The van der Waals surface area contributed by atoms with Crippen LogP contribution < -0.4 is 4.90 Å². The standard InChI is InChI=1S/C46H30N2O/c1-3-11-31(12-4-1)32-19-22-35(23-20-32)47(36-24-27-38-33(29-36)21-26-42-41-16-8-10-18-45(41)49-46(38)42)37-25-28-40-39-15-7-9-17-43(39)48(44(40)30-37)34-13-5-2-6-14-34/h1-30H. The minimum absolute atomic E-state index is 0.913. The molecule has 49 heavy (non-hydrogen) atoms. The largest absolute Gasteiger partial charge is 0.455 e. The van der Waals surface area contributed by atoms with E-state index in [1.54, 1.807) is 0 Å². The number of furan rings is 1. The molecule has 2 heterocycles. The van der Waals surface area contributed by atoms with Gasteiger partial charge in [-0.25, -0.2) is 0 Å². The maximum atomic E-state index is 6.41. The summed E-state index contributed by atoms with van der Waals surface area (Å²) < 4.78 is 8.78. The summed E-state index contributed by atoms with van der Waals surface area (Å²) in [4.78, 5) is 2.36. The van der Waals surface area contributed by atoms with Crippen LogP contribution in [0.1, 0.15) is 0 Å². The van der Waals surface area contributed by atoms with Gasteiger partial charge >= 0.3 is 0 Å². The maximum absolute atomic E-state index is 6.41. The lowest BCUT2D eigenvalue weighted by molar-refractivity contribution is 0.672. The first kappa shape index (κ1) is 27.5. The molecular formula is C46H30N2O. The molecule has 10 rings (SSSR count). The molecule has 0 fully saturated rings. The number of hydrogen-bond donors (Lipinski definition) is 0. The quantitative estimate of drug-likeness (QED) is 0.190. The zero-order chi connectivity index (χ0) is 32.3. The third kappa shape index (κ3) is 4.44. The minimum Gasteiger partial charge on any atom is -0.455 e. The van der Waals surface area contributed by atoms with E-state index in [9.17, 15) is 0 Å². The number of anilines is 3. The van der Waals surface area contributed by atoms with Crippen molar-refractivity contribution in [3.05, 3.63) is 182 Å². The van der Waals surface area contributed by atoms with Gasteiger partial charge in [-0.1, -0.05) is 109 Å². The van der Waals surface area contributed by atoms with Crippen molar-refractivity contribution in [1.82, 2.24) is 4.57 Å². The number of nitrogens with zero attached hydrogens (tertiary/aromatic N) is 2. The summed E-state index contributed by atoms with van der Waals surface area (Å²) in [5.74, 6) is 0. The highest BCUT2D eigenvalue weighted by molar-refractivity contribution is 6.15. The van der Waals surface area contributed by atoms with Crippen molar-refractivity contribution in [2.75, 3.05) is 4.90 Å². The lowest BCUT2D eigenvalue weighted by Crippen LogP contribution is -2.10. The van der Waals surface area contributed by atoms with Crippen molar-refractivity contribution in [3.63, 3.8) is 0 Å². The van der Waals surface area contributed by atoms with E-state index in [0.717, 1.165) is 55.5 Å². The number of benzene rings is 8. The van der Waals surface area contributed by atoms with Gasteiger partial charge in [-0.15, -0.1) is 0 Å². The van der Waals surface area contributed by atoms with Crippen LogP contribution in [0.15, 0.2) is 186 Å². The Labute approximate surface area is 283 Å². The molecular weight excluding hydrogens is 597 g/mol. The summed E-state index contributed by atoms with van der Waals surface area (Å²) in [6.07, 6.45) is 0. The molecule has 10 aromatic rings. The first-order chi connectivity index (χ1) is 24.3. The normalized spacial score (nSPS) is 11.7. The van der Waals surface area contributed by atoms with Gasteiger partial charge in [0.05, 0.1) is 11.0 Å². The number of rotatable bonds is 5. The van der Waals surface area contributed by atoms with Gasteiger partial charge in [0, 0.05) is 49.7 Å². The van der Waals surface area contributed by atoms with E-state index >= 15 is 0 Å². The third-order valence-corrected chi connectivity index (χ3v) is 9.76. The van der Waals surface area contributed by atoms with Crippen molar-refractivity contribution in [3.8, 4) is 16.8 Å². The molecule has 0 spiro atoms. The van der Waals surface area contributed by atoms with Gasteiger partial charge in [0.2, 0.25) is 0 Å². The molecule has 8 aromatic carbocycles. The molecule has 3 heteroatoms. The van der Waals surface area contributed by atoms with E-state index in [1.165, 1.54) is 32.9 Å². The van der Waals surface area contributed by atoms with E-state index in [2.05, 4.69) is 179 Å². The summed E-state index contributed by atoms with van der Waals surface area (Å²) in [5.41, 5.74) is 11.0. The predicted octanol–water partition coefficient (Wildman–Crippen LogP) is 13.0. The second-order valence-electron chi connectivity index (χ2n) is 12.6. The summed E-state index contributed by atoms with van der Waals surface area (Å²) in [7, 11) is 0. The van der Waals surface area contributed by atoms with Crippen LogP contribution >= 0.6 is 0 Å². The Bertz CT molecular complexity index is 2810. The average molecular weight is 627 g/mol. The SMILES string of the molecule is c1ccc(-c2ccc(N(c3ccc4c(ccc5c6ccccc6oc45)c3)c3ccc4c5ccccc5n(-c5ccccc5)c4c3)cc2)cc1. The Morgan fingerprint density at radius 1 is 0.388 bits per heavy atom. The molecule has 0 radical (unpaired) electrons. The van der Waals surface area contributed by atoms with Crippen LogP contribution in [-0.4, -0.2) is 4.57 Å². The van der Waals surface area contributed by atoms with Crippen molar-refractivity contribution in [2.24, 2.45) is 0 Å². The van der Waals surface area contributed by atoms with Crippen LogP contribution in [0.25, 0.3) is 71.3 Å². The smallest absolute Gasteiger partial charge is 0.143 e. The third-order valence-electron chi connectivity index (χ3n) is 9.76. The number of hydrogen-bond acceptors (Lipinski definition) is 2. The van der Waals surface area contributed by atoms with Gasteiger partial charge in [-0.3, -0.25) is 0 Å². The monoisotopic (exact) mass is 626 g/mol. The van der Waals surface area contributed by atoms with E-state index in [-0.39, 0.29) is 0 Å². The van der Waals surface area contributed by atoms with Gasteiger partial charge < -0.3 is 13.9 Å². The zero-order valence-corrected chi connectivity index (χ0v) is 26.6. The van der Waals surface area contributed by atoms with Crippen molar-refractivity contribution in [1.29, 1.82) is 0 Å². The van der Waals surface area contributed by atoms with E-state index in [0.29, 0.717) is 0 Å². The molecule has 0 bridgehead atoms. The summed E-state index contributed by atoms with van der Waals surface area (Å²) in [5, 5.41) is 7.00. The van der Waals surface area contributed by atoms with Crippen LogP contribution in [0, 0.1) is 0 Å². The first-order valence-electron chi connectivity index (χ1n) is 16.7. The highest BCUT2D eigenvalue weighted by Gasteiger charge is 2.19. The van der Waals surface area contributed by atoms with E-state index in [1.807, 2.05) is 12.1 Å². The van der Waals surface area contributed by atoms with Crippen LogP contribution in [0.3, 0.4) is 0 Å². The van der Waals surface area contributed by atoms with Gasteiger partial charge in [0.1, 0.15) is 11.2 Å². The Morgan fingerprint density at radius 2 is 0.980 bits per heavy atom. The molecule has 0 saturated heterocycles. The maximum Gasteiger partial charge on any atom is 0.143 e. The van der Waals surface area contributed by atoms with Gasteiger partial charge in [-0.2, -0.15) is 0 Å². The number of aromatic nitrogens is 1. The fraction of sp³-hybridized carbons (Fsp3) is 0. The topological polar surface area (TPSA) is 21.3 Å². The molecule has 0 unspecified atom stereocenters.